The third kappa shape index (κ3) is 4.52. The summed E-state index contributed by atoms with van der Waals surface area (Å²) in [5.74, 6) is 0.745. The first-order valence-corrected chi connectivity index (χ1v) is 10.9. The first-order chi connectivity index (χ1) is 14.6. The van der Waals surface area contributed by atoms with Crippen LogP contribution in [0.4, 0.5) is 10.8 Å². The van der Waals surface area contributed by atoms with E-state index in [9.17, 15) is 9.59 Å². The van der Waals surface area contributed by atoms with Crippen molar-refractivity contribution in [2.24, 2.45) is 0 Å². The molecule has 2 heterocycles. The summed E-state index contributed by atoms with van der Waals surface area (Å²) in [4.78, 5) is 30.7. The van der Waals surface area contributed by atoms with Gasteiger partial charge in [0.1, 0.15) is 5.75 Å². The molecule has 1 fully saturated rings. The lowest BCUT2D eigenvalue weighted by Crippen LogP contribution is -2.23. The molecule has 0 atom stereocenters. The highest BCUT2D eigenvalue weighted by Gasteiger charge is 2.21. The Bertz CT molecular complexity index is 1030. The van der Waals surface area contributed by atoms with Crippen LogP contribution < -0.4 is 15.0 Å². The first-order valence-electron chi connectivity index (χ1n) is 10.0. The quantitative estimate of drug-likeness (QED) is 0.584. The number of hydrogen-bond donors (Lipinski definition) is 1. The van der Waals surface area contributed by atoms with E-state index in [0.29, 0.717) is 23.7 Å². The predicted molar refractivity (Wildman–Crippen MR) is 119 cm³/mol. The molecule has 3 aromatic rings. The van der Waals surface area contributed by atoms with Crippen molar-refractivity contribution in [2.75, 3.05) is 23.4 Å². The van der Waals surface area contributed by atoms with E-state index >= 15 is 0 Å². The molecule has 0 unspecified atom stereocenters. The molecule has 30 heavy (non-hydrogen) atoms. The lowest BCUT2D eigenvalue weighted by atomic mass is 10.2. The van der Waals surface area contributed by atoms with Gasteiger partial charge in [0.15, 0.2) is 5.13 Å². The van der Waals surface area contributed by atoms with Gasteiger partial charge in [0.2, 0.25) is 5.91 Å². The molecule has 0 radical (unpaired) electrons. The number of benzene rings is 2. The Hall–Kier alpha value is -3.19. The highest BCUT2D eigenvalue weighted by Crippen LogP contribution is 2.27. The number of hydrogen-bond acceptors (Lipinski definition) is 5. The van der Waals surface area contributed by atoms with Gasteiger partial charge >= 0.3 is 0 Å². The first kappa shape index (κ1) is 20.1. The molecule has 154 valence electrons. The van der Waals surface area contributed by atoms with Crippen LogP contribution in [0.15, 0.2) is 53.9 Å². The van der Waals surface area contributed by atoms with Crippen molar-refractivity contribution in [3.8, 4) is 17.0 Å². The Kier molecular flexibility index (Phi) is 6.09. The molecular formula is C23H23N3O3S. The van der Waals surface area contributed by atoms with Crippen LogP contribution in [-0.4, -0.2) is 29.9 Å². The summed E-state index contributed by atoms with van der Waals surface area (Å²) in [6, 6.07) is 14.9. The fourth-order valence-corrected chi connectivity index (χ4v) is 4.00. The maximum Gasteiger partial charge on any atom is 0.257 e. The number of ether oxygens (including phenoxy) is 1. The van der Waals surface area contributed by atoms with Gasteiger partial charge in [-0.3, -0.25) is 14.9 Å². The van der Waals surface area contributed by atoms with Crippen LogP contribution in [0.25, 0.3) is 11.3 Å². The van der Waals surface area contributed by atoms with Crippen LogP contribution in [-0.2, 0) is 4.79 Å². The normalized spacial score (nSPS) is 13.5. The second-order valence-corrected chi connectivity index (χ2v) is 7.92. The summed E-state index contributed by atoms with van der Waals surface area (Å²) in [5, 5.41) is 5.31. The number of amides is 2. The van der Waals surface area contributed by atoms with Crippen LogP contribution in [0.5, 0.6) is 5.75 Å². The van der Waals surface area contributed by atoms with Crippen molar-refractivity contribution in [3.05, 3.63) is 59.5 Å². The number of carbonyl (C=O) groups is 2. The van der Waals surface area contributed by atoms with Crippen molar-refractivity contribution < 1.29 is 14.3 Å². The molecule has 7 heteroatoms. The summed E-state index contributed by atoms with van der Waals surface area (Å²) in [5.41, 5.74) is 3.13. The topological polar surface area (TPSA) is 71.5 Å². The Labute approximate surface area is 179 Å². The van der Waals surface area contributed by atoms with E-state index in [2.05, 4.69) is 17.2 Å². The molecular weight excluding hydrogens is 398 g/mol. The van der Waals surface area contributed by atoms with Gasteiger partial charge in [0, 0.05) is 35.2 Å². The number of carbonyl (C=O) groups excluding carboxylic acids is 2. The Morgan fingerprint density at radius 2 is 1.93 bits per heavy atom. The van der Waals surface area contributed by atoms with E-state index in [1.165, 1.54) is 11.3 Å². The number of thiazole rings is 1. The monoisotopic (exact) mass is 421 g/mol. The van der Waals surface area contributed by atoms with Crippen molar-refractivity contribution in [3.63, 3.8) is 0 Å². The zero-order chi connectivity index (χ0) is 20.9. The number of rotatable bonds is 7. The van der Waals surface area contributed by atoms with E-state index in [0.717, 1.165) is 42.1 Å². The van der Waals surface area contributed by atoms with Gasteiger partial charge in [-0.05, 0) is 61.4 Å². The lowest BCUT2D eigenvalue weighted by Gasteiger charge is -2.15. The third-order valence-corrected chi connectivity index (χ3v) is 5.62. The molecule has 1 aliphatic rings. The average Bonchev–Trinajstić information content (AvgIpc) is 3.42. The largest absolute Gasteiger partial charge is 0.494 e. The highest BCUT2D eigenvalue weighted by molar-refractivity contribution is 7.14. The summed E-state index contributed by atoms with van der Waals surface area (Å²) in [6.07, 6.45) is 2.43. The average molecular weight is 422 g/mol. The van der Waals surface area contributed by atoms with Gasteiger partial charge in [-0.25, -0.2) is 4.98 Å². The van der Waals surface area contributed by atoms with Crippen LogP contribution in [0.2, 0.25) is 0 Å². The van der Waals surface area contributed by atoms with E-state index in [4.69, 9.17) is 4.74 Å². The van der Waals surface area contributed by atoms with Gasteiger partial charge in [-0.1, -0.05) is 6.92 Å². The molecule has 6 nitrogen and oxygen atoms in total. The molecule has 0 saturated carbocycles. The highest BCUT2D eigenvalue weighted by atomic mass is 32.1. The van der Waals surface area contributed by atoms with Crippen molar-refractivity contribution in [2.45, 2.75) is 26.2 Å². The fraction of sp³-hybridized carbons (Fsp3) is 0.261. The van der Waals surface area contributed by atoms with E-state index in [-0.39, 0.29) is 11.8 Å². The number of aromatic nitrogens is 1. The molecule has 2 aromatic carbocycles. The molecule has 0 spiro atoms. The molecule has 2 amide bonds. The second kappa shape index (κ2) is 9.09. The third-order valence-electron chi connectivity index (χ3n) is 4.86. The van der Waals surface area contributed by atoms with Crippen molar-refractivity contribution in [1.29, 1.82) is 0 Å². The minimum atomic E-state index is -0.224. The van der Waals surface area contributed by atoms with Gasteiger partial charge in [0.05, 0.1) is 12.3 Å². The number of anilines is 2. The predicted octanol–water partition coefficient (Wildman–Crippen LogP) is 4.98. The van der Waals surface area contributed by atoms with E-state index < -0.39 is 0 Å². The fourth-order valence-electron chi connectivity index (χ4n) is 3.29. The molecule has 1 aliphatic heterocycles. The number of nitrogens with one attached hydrogen (secondary N) is 1. The van der Waals surface area contributed by atoms with Crippen LogP contribution in [0.3, 0.4) is 0 Å². The van der Waals surface area contributed by atoms with Crippen molar-refractivity contribution in [1.82, 2.24) is 4.98 Å². The summed E-state index contributed by atoms with van der Waals surface area (Å²) < 4.78 is 5.60. The smallest absolute Gasteiger partial charge is 0.257 e. The van der Waals surface area contributed by atoms with Crippen LogP contribution in [0.1, 0.15) is 36.5 Å². The van der Waals surface area contributed by atoms with Gasteiger partial charge in [-0.15, -0.1) is 11.3 Å². The maximum absolute atomic E-state index is 12.6. The maximum atomic E-state index is 12.6. The minimum absolute atomic E-state index is 0.132. The zero-order valence-corrected chi connectivity index (χ0v) is 17.6. The zero-order valence-electron chi connectivity index (χ0n) is 16.8. The lowest BCUT2D eigenvalue weighted by molar-refractivity contribution is -0.117. The van der Waals surface area contributed by atoms with Gasteiger partial charge in [0.25, 0.3) is 5.91 Å². The Morgan fingerprint density at radius 1 is 1.17 bits per heavy atom. The van der Waals surface area contributed by atoms with Gasteiger partial charge < -0.3 is 9.64 Å². The SMILES string of the molecule is CCCOc1ccc(-c2csc(NC(=O)c3ccc(N4CCCC4=O)cc3)n2)cc1. The second-order valence-electron chi connectivity index (χ2n) is 7.06. The molecule has 4 rings (SSSR count). The van der Waals surface area contributed by atoms with E-state index in [1.807, 2.05) is 41.8 Å². The molecule has 1 N–H and O–H groups in total. The summed E-state index contributed by atoms with van der Waals surface area (Å²) >= 11 is 1.38. The summed E-state index contributed by atoms with van der Waals surface area (Å²) in [6.45, 7) is 3.50. The minimum Gasteiger partial charge on any atom is -0.494 e. The Morgan fingerprint density at radius 3 is 2.60 bits per heavy atom. The van der Waals surface area contributed by atoms with Crippen LogP contribution >= 0.6 is 11.3 Å². The molecule has 1 aromatic heterocycles. The summed E-state index contributed by atoms with van der Waals surface area (Å²) in [7, 11) is 0. The molecule has 1 saturated heterocycles. The molecule has 0 bridgehead atoms. The van der Waals surface area contributed by atoms with Crippen molar-refractivity contribution >= 4 is 34.0 Å². The van der Waals surface area contributed by atoms with Gasteiger partial charge in [-0.2, -0.15) is 0 Å². The molecule has 0 aliphatic carbocycles. The Balaban J connectivity index is 1.39. The standard InChI is InChI=1S/C23H23N3O3S/c1-2-14-29-19-11-7-16(8-12-19)20-15-30-23(24-20)25-22(28)17-5-9-18(10-6-17)26-13-3-4-21(26)27/h5-12,15H,2-4,13-14H2,1H3,(H,24,25,28). The van der Waals surface area contributed by atoms with Crippen LogP contribution in [0, 0.1) is 0 Å². The number of nitrogens with zero attached hydrogens (tertiary/aromatic N) is 2. The van der Waals surface area contributed by atoms with E-state index in [1.54, 1.807) is 17.0 Å².